The summed E-state index contributed by atoms with van der Waals surface area (Å²) >= 11 is 11.5. The maximum absolute atomic E-state index is 10.5. The fourth-order valence-electron chi connectivity index (χ4n) is 1.18. The van der Waals surface area contributed by atoms with Crippen LogP contribution in [0.3, 0.4) is 0 Å². The Morgan fingerprint density at radius 2 is 2.00 bits per heavy atom. The number of hydrogen-bond acceptors (Lipinski definition) is 3. The number of rotatable bonds is 1. The maximum atomic E-state index is 10.5. The van der Waals surface area contributed by atoms with Gasteiger partial charge < -0.3 is 14.3 Å². The molecule has 0 atom stereocenters. The second-order valence-corrected chi connectivity index (χ2v) is 3.55. The van der Waals surface area contributed by atoms with Crippen LogP contribution in [-0.4, -0.2) is 5.97 Å². The van der Waals surface area contributed by atoms with Gasteiger partial charge in [0.2, 0.25) is 0 Å². The second-order valence-electron chi connectivity index (χ2n) is 2.70. The Morgan fingerprint density at radius 3 is 2.64 bits per heavy atom. The van der Waals surface area contributed by atoms with Crippen molar-refractivity contribution in [1.82, 2.24) is 0 Å². The summed E-state index contributed by atoms with van der Waals surface area (Å²) in [5, 5.41) is 11.7. The third-order valence-corrected chi connectivity index (χ3v) is 2.24. The van der Waals surface area contributed by atoms with Crippen LogP contribution in [-0.2, 0) is 0 Å². The van der Waals surface area contributed by atoms with Crippen molar-refractivity contribution in [3.63, 3.8) is 0 Å². The number of fused-ring (bicyclic) bond motifs is 1. The van der Waals surface area contributed by atoms with Crippen LogP contribution < -0.4 is 5.11 Å². The van der Waals surface area contributed by atoms with E-state index in [2.05, 4.69) is 0 Å². The molecule has 3 nitrogen and oxygen atoms in total. The first-order chi connectivity index (χ1) is 6.58. The molecule has 0 N–H and O–H groups in total. The Balaban J connectivity index is 2.76. The second kappa shape index (κ2) is 3.19. The highest BCUT2D eigenvalue weighted by Gasteiger charge is 2.08. The number of furan rings is 1. The zero-order valence-electron chi connectivity index (χ0n) is 6.71. The first-order valence-electron chi connectivity index (χ1n) is 3.68. The summed E-state index contributed by atoms with van der Waals surface area (Å²) in [5.41, 5.74) is 0.301. The predicted octanol–water partition coefficient (Wildman–Crippen LogP) is 2.10. The van der Waals surface area contributed by atoms with E-state index in [-0.39, 0.29) is 10.8 Å². The lowest BCUT2D eigenvalue weighted by molar-refractivity contribution is -0.256. The fourth-order valence-corrected chi connectivity index (χ4v) is 1.72. The van der Waals surface area contributed by atoms with E-state index in [4.69, 9.17) is 27.6 Å². The van der Waals surface area contributed by atoms with E-state index < -0.39 is 5.97 Å². The molecule has 14 heavy (non-hydrogen) atoms. The Labute approximate surface area is 88.8 Å². The van der Waals surface area contributed by atoms with Crippen LogP contribution in [0.4, 0.5) is 0 Å². The van der Waals surface area contributed by atoms with E-state index in [0.717, 1.165) is 0 Å². The number of halogens is 2. The molecular weight excluding hydrogens is 227 g/mol. The van der Waals surface area contributed by atoms with Gasteiger partial charge in [0, 0.05) is 10.4 Å². The Hall–Kier alpha value is -1.19. The number of carbonyl (C=O) groups is 1. The minimum atomic E-state index is -1.38. The number of carboxylic acids is 1. The molecule has 2 rings (SSSR count). The van der Waals surface area contributed by atoms with E-state index >= 15 is 0 Å². The van der Waals surface area contributed by atoms with Crippen molar-refractivity contribution in [3.8, 4) is 0 Å². The van der Waals surface area contributed by atoms with Gasteiger partial charge in [-0.1, -0.05) is 23.2 Å². The van der Waals surface area contributed by atoms with Crippen molar-refractivity contribution in [1.29, 1.82) is 0 Å². The van der Waals surface area contributed by atoms with Gasteiger partial charge in [0.1, 0.15) is 5.97 Å². The molecule has 0 saturated heterocycles. The summed E-state index contributed by atoms with van der Waals surface area (Å²) in [7, 11) is 0. The van der Waals surface area contributed by atoms with Crippen LogP contribution >= 0.6 is 23.2 Å². The molecule has 0 bridgehead atoms. The highest BCUT2D eigenvalue weighted by Crippen LogP contribution is 2.30. The van der Waals surface area contributed by atoms with E-state index in [0.29, 0.717) is 16.0 Å². The highest BCUT2D eigenvalue weighted by atomic mass is 35.5. The maximum Gasteiger partial charge on any atom is 0.153 e. The zero-order valence-corrected chi connectivity index (χ0v) is 8.22. The van der Waals surface area contributed by atoms with Gasteiger partial charge in [0.05, 0.1) is 5.02 Å². The van der Waals surface area contributed by atoms with Gasteiger partial charge in [-0.2, -0.15) is 0 Å². The van der Waals surface area contributed by atoms with Crippen molar-refractivity contribution in [2.24, 2.45) is 0 Å². The Morgan fingerprint density at radius 1 is 1.29 bits per heavy atom. The third-order valence-electron chi connectivity index (χ3n) is 1.74. The molecule has 0 unspecified atom stereocenters. The van der Waals surface area contributed by atoms with E-state index in [9.17, 15) is 9.90 Å². The number of aromatic carboxylic acids is 1. The zero-order chi connectivity index (χ0) is 10.3. The van der Waals surface area contributed by atoms with Crippen molar-refractivity contribution in [2.45, 2.75) is 0 Å². The molecule has 0 amide bonds. The van der Waals surface area contributed by atoms with Crippen LogP contribution in [0.2, 0.25) is 10.0 Å². The number of carboxylic acid groups (broad SMARTS) is 1. The van der Waals surface area contributed by atoms with Crippen LogP contribution in [0.25, 0.3) is 11.0 Å². The SMILES string of the molecule is O=C([O-])c1cc2cc(Cl)cc(Cl)c2o1. The molecule has 0 aliphatic heterocycles. The molecular formula is C9H3Cl2O3-. The van der Waals surface area contributed by atoms with Crippen molar-refractivity contribution in [2.75, 3.05) is 0 Å². The number of carbonyl (C=O) groups excluding carboxylic acids is 1. The summed E-state index contributed by atoms with van der Waals surface area (Å²) in [5.74, 6) is -1.64. The average molecular weight is 230 g/mol. The molecule has 0 fully saturated rings. The van der Waals surface area contributed by atoms with Crippen LogP contribution in [0.5, 0.6) is 0 Å². The first kappa shape index (κ1) is 9.37. The smallest absolute Gasteiger partial charge is 0.153 e. The minimum absolute atomic E-state index is 0.260. The summed E-state index contributed by atoms with van der Waals surface area (Å²) in [6.45, 7) is 0. The van der Waals surface area contributed by atoms with Crippen molar-refractivity contribution >= 4 is 40.1 Å². The van der Waals surface area contributed by atoms with Crippen molar-refractivity contribution < 1.29 is 14.3 Å². The highest BCUT2D eigenvalue weighted by molar-refractivity contribution is 6.38. The fraction of sp³-hybridized carbons (Fsp3) is 0. The van der Waals surface area contributed by atoms with Gasteiger partial charge in [-0.15, -0.1) is 0 Å². The first-order valence-corrected chi connectivity index (χ1v) is 4.43. The summed E-state index contributed by atoms with van der Waals surface area (Å²) in [4.78, 5) is 10.5. The monoisotopic (exact) mass is 229 g/mol. The molecule has 1 heterocycles. The molecule has 2 aromatic rings. The van der Waals surface area contributed by atoms with Gasteiger partial charge in [-0.25, -0.2) is 0 Å². The van der Waals surface area contributed by atoms with E-state index in [1.165, 1.54) is 12.1 Å². The molecule has 5 heteroatoms. The lowest BCUT2D eigenvalue weighted by atomic mass is 10.2. The predicted molar refractivity (Wildman–Crippen MR) is 50.6 cm³/mol. The van der Waals surface area contributed by atoms with Crippen LogP contribution in [0.1, 0.15) is 10.6 Å². The number of hydrogen-bond donors (Lipinski definition) is 0. The van der Waals surface area contributed by atoms with Crippen molar-refractivity contribution in [3.05, 3.63) is 34.0 Å². The van der Waals surface area contributed by atoms with Crippen LogP contribution in [0, 0.1) is 0 Å². The van der Waals surface area contributed by atoms with E-state index in [1.807, 2.05) is 0 Å². The van der Waals surface area contributed by atoms with E-state index in [1.54, 1.807) is 6.07 Å². The van der Waals surface area contributed by atoms with Gasteiger partial charge >= 0.3 is 0 Å². The normalized spacial score (nSPS) is 10.7. The Bertz CT molecular complexity index is 516. The molecule has 0 saturated carbocycles. The standard InChI is InChI=1S/C9H4Cl2O3/c10-5-1-4-2-7(9(12)13)14-8(4)6(11)3-5/h1-3H,(H,12,13)/p-1. The van der Waals surface area contributed by atoms with Crippen LogP contribution in [0.15, 0.2) is 22.6 Å². The number of benzene rings is 1. The molecule has 1 aromatic heterocycles. The lowest BCUT2D eigenvalue weighted by Gasteiger charge is -1.94. The Kier molecular flexibility index (Phi) is 2.13. The molecule has 1 aromatic carbocycles. The minimum Gasteiger partial charge on any atom is -0.542 e. The summed E-state index contributed by atoms with van der Waals surface area (Å²) in [6.07, 6.45) is 0. The molecule has 0 aliphatic carbocycles. The van der Waals surface area contributed by atoms with Gasteiger partial charge in [-0.3, -0.25) is 0 Å². The van der Waals surface area contributed by atoms with Gasteiger partial charge in [0.25, 0.3) is 0 Å². The summed E-state index contributed by atoms with van der Waals surface area (Å²) < 4.78 is 4.96. The quantitative estimate of drug-likeness (QED) is 0.753. The van der Waals surface area contributed by atoms with Gasteiger partial charge in [-0.05, 0) is 18.2 Å². The topological polar surface area (TPSA) is 53.3 Å². The lowest BCUT2D eigenvalue weighted by Crippen LogP contribution is -2.21. The average Bonchev–Trinajstić information content (AvgIpc) is 2.47. The molecule has 0 spiro atoms. The summed E-state index contributed by atoms with van der Waals surface area (Å²) in [6, 6.07) is 4.37. The molecule has 72 valence electrons. The third kappa shape index (κ3) is 1.45. The largest absolute Gasteiger partial charge is 0.542 e. The molecule has 0 radical (unpaired) electrons. The molecule has 0 aliphatic rings. The van der Waals surface area contributed by atoms with Gasteiger partial charge in [0.15, 0.2) is 11.3 Å².